The Morgan fingerprint density at radius 1 is 1.09 bits per heavy atom. The van der Waals surface area contributed by atoms with Crippen LogP contribution in [0.4, 0.5) is 0 Å². The molecule has 0 aliphatic carbocycles. The van der Waals surface area contributed by atoms with Crippen molar-refractivity contribution in [1.82, 2.24) is 4.90 Å². The van der Waals surface area contributed by atoms with Crippen LogP contribution in [0.15, 0.2) is 36.4 Å². The lowest BCUT2D eigenvalue weighted by Crippen LogP contribution is -2.15. The number of methoxy groups -OCH3 is 2. The predicted molar refractivity (Wildman–Crippen MR) is 84.3 cm³/mol. The second-order valence-corrected chi connectivity index (χ2v) is 5.44. The maximum atomic E-state index is 11.1. The number of rotatable bonds is 5. The van der Waals surface area contributed by atoms with Crippen molar-refractivity contribution in [1.29, 1.82) is 0 Å². The minimum atomic E-state index is 0.735. The van der Waals surface area contributed by atoms with Gasteiger partial charge in [-0.05, 0) is 28.8 Å². The van der Waals surface area contributed by atoms with Gasteiger partial charge in [0, 0.05) is 25.2 Å². The van der Waals surface area contributed by atoms with Crippen LogP contribution < -0.4 is 9.47 Å². The van der Waals surface area contributed by atoms with Crippen LogP contribution in [0.25, 0.3) is 0 Å². The first-order chi connectivity index (χ1) is 10.7. The highest BCUT2D eigenvalue weighted by atomic mass is 16.5. The van der Waals surface area contributed by atoms with E-state index in [0.29, 0.717) is 0 Å². The molecule has 0 atom stereocenters. The average Bonchev–Trinajstić information content (AvgIpc) is 2.96. The molecule has 0 saturated carbocycles. The fraction of sp³-hybridized carbons (Fsp3) is 0.278. The van der Waals surface area contributed by atoms with E-state index in [1.807, 2.05) is 30.3 Å². The molecule has 1 heterocycles. The van der Waals surface area contributed by atoms with Gasteiger partial charge < -0.3 is 9.47 Å². The van der Waals surface area contributed by atoms with Crippen molar-refractivity contribution in [3.8, 4) is 11.5 Å². The van der Waals surface area contributed by atoms with Crippen molar-refractivity contribution in [2.75, 3.05) is 14.2 Å². The van der Waals surface area contributed by atoms with Crippen LogP contribution in [-0.2, 0) is 19.6 Å². The quantitative estimate of drug-likeness (QED) is 0.795. The molecule has 2 aromatic rings. The van der Waals surface area contributed by atoms with Crippen LogP contribution in [0.5, 0.6) is 11.5 Å². The largest absolute Gasteiger partial charge is 0.493 e. The van der Waals surface area contributed by atoms with E-state index in [2.05, 4.69) is 11.0 Å². The van der Waals surface area contributed by atoms with Gasteiger partial charge in [-0.2, -0.15) is 0 Å². The zero-order chi connectivity index (χ0) is 15.5. The Bertz CT molecular complexity index is 697. The fourth-order valence-corrected chi connectivity index (χ4v) is 2.98. The standard InChI is InChI=1S/C18H19NO3/c1-21-17-7-6-13(8-18(17)22-2)9-19-10-14-4-3-5-15(12-20)16(14)11-19/h3-8,12H,9-11H2,1-2H3. The van der Waals surface area contributed by atoms with Gasteiger partial charge in [-0.25, -0.2) is 0 Å². The Balaban J connectivity index is 1.77. The molecule has 0 unspecified atom stereocenters. The maximum Gasteiger partial charge on any atom is 0.161 e. The molecule has 4 heteroatoms. The third-order valence-corrected chi connectivity index (χ3v) is 4.07. The molecule has 22 heavy (non-hydrogen) atoms. The molecule has 0 bridgehead atoms. The molecule has 1 aliphatic rings. The second-order valence-electron chi connectivity index (χ2n) is 5.44. The highest BCUT2D eigenvalue weighted by molar-refractivity contribution is 5.78. The van der Waals surface area contributed by atoms with Crippen molar-refractivity contribution < 1.29 is 14.3 Å². The third kappa shape index (κ3) is 2.70. The monoisotopic (exact) mass is 297 g/mol. The van der Waals surface area contributed by atoms with Crippen LogP contribution >= 0.6 is 0 Å². The number of carbonyl (C=O) groups excluding carboxylic acids is 1. The fourth-order valence-electron chi connectivity index (χ4n) is 2.98. The zero-order valence-corrected chi connectivity index (χ0v) is 12.8. The number of carbonyl (C=O) groups is 1. The Morgan fingerprint density at radius 3 is 2.64 bits per heavy atom. The van der Waals surface area contributed by atoms with Gasteiger partial charge >= 0.3 is 0 Å². The lowest BCUT2D eigenvalue weighted by atomic mass is 10.1. The van der Waals surface area contributed by atoms with Crippen molar-refractivity contribution >= 4 is 6.29 Å². The second kappa shape index (κ2) is 6.20. The number of aldehydes is 1. The van der Waals surface area contributed by atoms with Gasteiger partial charge in [-0.3, -0.25) is 9.69 Å². The minimum Gasteiger partial charge on any atom is -0.493 e. The van der Waals surface area contributed by atoms with E-state index in [4.69, 9.17) is 9.47 Å². The third-order valence-electron chi connectivity index (χ3n) is 4.07. The SMILES string of the molecule is COc1ccc(CN2Cc3cccc(C=O)c3C2)cc1OC. The van der Waals surface area contributed by atoms with E-state index < -0.39 is 0 Å². The first-order valence-corrected chi connectivity index (χ1v) is 7.24. The lowest BCUT2D eigenvalue weighted by Gasteiger charge is -2.16. The molecule has 0 amide bonds. The summed E-state index contributed by atoms with van der Waals surface area (Å²) in [5.41, 5.74) is 4.36. The van der Waals surface area contributed by atoms with Gasteiger partial charge in [0.1, 0.15) is 6.29 Å². The molecule has 2 aromatic carbocycles. The smallest absolute Gasteiger partial charge is 0.161 e. The number of hydrogen-bond donors (Lipinski definition) is 0. The Morgan fingerprint density at radius 2 is 1.91 bits per heavy atom. The van der Waals surface area contributed by atoms with Crippen LogP contribution in [0.2, 0.25) is 0 Å². The summed E-state index contributed by atoms with van der Waals surface area (Å²) in [6, 6.07) is 11.9. The van der Waals surface area contributed by atoms with E-state index in [0.717, 1.165) is 54.1 Å². The summed E-state index contributed by atoms with van der Waals surface area (Å²) < 4.78 is 10.6. The molecule has 0 N–H and O–H groups in total. The first-order valence-electron chi connectivity index (χ1n) is 7.24. The van der Waals surface area contributed by atoms with Gasteiger partial charge in [0.15, 0.2) is 11.5 Å². The van der Waals surface area contributed by atoms with Crippen molar-refractivity contribution in [3.05, 3.63) is 58.7 Å². The summed E-state index contributed by atoms with van der Waals surface area (Å²) in [4.78, 5) is 13.5. The summed E-state index contributed by atoms with van der Waals surface area (Å²) >= 11 is 0. The number of ether oxygens (including phenoxy) is 2. The highest BCUT2D eigenvalue weighted by Crippen LogP contribution is 2.30. The molecule has 0 fully saturated rings. The Kier molecular flexibility index (Phi) is 4.11. The van der Waals surface area contributed by atoms with Crippen LogP contribution in [0.3, 0.4) is 0 Å². The van der Waals surface area contributed by atoms with Gasteiger partial charge in [0.2, 0.25) is 0 Å². The molecule has 0 spiro atoms. The molecule has 1 aliphatic heterocycles. The van der Waals surface area contributed by atoms with Crippen molar-refractivity contribution in [2.45, 2.75) is 19.6 Å². The van der Waals surface area contributed by atoms with Gasteiger partial charge in [-0.15, -0.1) is 0 Å². The van der Waals surface area contributed by atoms with Crippen molar-refractivity contribution in [2.24, 2.45) is 0 Å². The number of nitrogens with zero attached hydrogens (tertiary/aromatic N) is 1. The number of hydrogen-bond acceptors (Lipinski definition) is 4. The van der Waals surface area contributed by atoms with E-state index in [-0.39, 0.29) is 0 Å². The summed E-state index contributed by atoms with van der Waals surface area (Å²) in [5.74, 6) is 1.48. The molecule has 4 nitrogen and oxygen atoms in total. The number of fused-ring (bicyclic) bond motifs is 1. The molecule has 3 rings (SSSR count). The number of benzene rings is 2. The summed E-state index contributed by atoms with van der Waals surface area (Å²) in [6.07, 6.45) is 0.943. The Hall–Kier alpha value is -2.33. The van der Waals surface area contributed by atoms with E-state index >= 15 is 0 Å². The maximum absolute atomic E-state index is 11.1. The van der Waals surface area contributed by atoms with Gasteiger partial charge in [0.25, 0.3) is 0 Å². The van der Waals surface area contributed by atoms with Gasteiger partial charge in [-0.1, -0.05) is 24.3 Å². The summed E-state index contributed by atoms with van der Waals surface area (Å²) in [7, 11) is 3.28. The van der Waals surface area contributed by atoms with Crippen LogP contribution in [0.1, 0.15) is 27.0 Å². The summed E-state index contributed by atoms with van der Waals surface area (Å²) in [5, 5.41) is 0. The van der Waals surface area contributed by atoms with Crippen LogP contribution in [-0.4, -0.2) is 25.4 Å². The molecule has 0 saturated heterocycles. The normalized spacial score (nSPS) is 13.7. The minimum absolute atomic E-state index is 0.735. The molecule has 0 radical (unpaired) electrons. The molecule has 0 aromatic heterocycles. The Labute approximate surface area is 130 Å². The average molecular weight is 297 g/mol. The lowest BCUT2D eigenvalue weighted by molar-refractivity contribution is 0.112. The first kappa shape index (κ1) is 14.6. The molecule has 114 valence electrons. The topological polar surface area (TPSA) is 38.8 Å². The van der Waals surface area contributed by atoms with Crippen molar-refractivity contribution in [3.63, 3.8) is 0 Å². The van der Waals surface area contributed by atoms with Gasteiger partial charge in [0.05, 0.1) is 14.2 Å². The van der Waals surface area contributed by atoms with E-state index in [9.17, 15) is 4.79 Å². The molecular weight excluding hydrogens is 278 g/mol. The highest BCUT2D eigenvalue weighted by Gasteiger charge is 2.21. The molecular formula is C18H19NO3. The predicted octanol–water partition coefficient (Wildman–Crippen LogP) is 3.03. The van der Waals surface area contributed by atoms with E-state index in [1.165, 1.54) is 5.56 Å². The zero-order valence-electron chi connectivity index (χ0n) is 12.8. The van der Waals surface area contributed by atoms with E-state index in [1.54, 1.807) is 14.2 Å². The summed E-state index contributed by atoms with van der Waals surface area (Å²) in [6.45, 7) is 2.48. The van der Waals surface area contributed by atoms with Crippen LogP contribution in [0, 0.1) is 0 Å².